The van der Waals surface area contributed by atoms with E-state index in [0.717, 1.165) is 31.2 Å². The number of sulfonamides is 1. The van der Waals surface area contributed by atoms with Crippen molar-refractivity contribution in [3.8, 4) is 0 Å². The molecule has 0 N–H and O–H groups in total. The smallest absolute Gasteiger partial charge is 0.279 e. The van der Waals surface area contributed by atoms with Gasteiger partial charge in [-0.3, -0.25) is 9.10 Å². The number of hydrogen-bond donors (Lipinski definition) is 0. The number of nitrogens with zero attached hydrogens (tertiary/aromatic N) is 1. The maximum atomic E-state index is 13.1. The molecule has 0 radical (unpaired) electrons. The Morgan fingerprint density at radius 2 is 1.74 bits per heavy atom. The van der Waals surface area contributed by atoms with Crippen molar-refractivity contribution < 1.29 is 26.4 Å². The quantitative estimate of drug-likeness (QED) is 0.564. The fraction of sp³-hybridized carbons (Fsp3) is 0.188. The van der Waals surface area contributed by atoms with Crippen LogP contribution in [0.3, 0.4) is 0 Å². The van der Waals surface area contributed by atoms with Crippen molar-refractivity contribution in [2.75, 3.05) is 4.31 Å². The summed E-state index contributed by atoms with van der Waals surface area (Å²) >= 11 is 17.2. The van der Waals surface area contributed by atoms with Crippen LogP contribution in [-0.4, -0.2) is 19.7 Å². The average Bonchev–Trinajstić information content (AvgIpc) is 2.56. The van der Waals surface area contributed by atoms with Crippen LogP contribution >= 0.6 is 34.8 Å². The molecule has 2 aromatic rings. The monoisotopic (exact) mass is 459 g/mol. The molecule has 2 aromatic carbocycles. The highest BCUT2D eigenvalue weighted by Crippen LogP contribution is 2.36. The van der Waals surface area contributed by atoms with Gasteiger partial charge in [-0.1, -0.05) is 29.3 Å². The number of alkyl halides is 3. The predicted octanol–water partition coefficient (Wildman–Crippen LogP) is 5.36. The van der Waals surface area contributed by atoms with Crippen molar-refractivity contribution in [2.24, 2.45) is 0 Å². The molecule has 0 amide bonds. The van der Waals surface area contributed by atoms with Crippen molar-refractivity contribution in [2.45, 2.75) is 24.0 Å². The molecule has 11 heteroatoms. The minimum atomic E-state index is -4.71. The van der Waals surface area contributed by atoms with Gasteiger partial charge in [0.15, 0.2) is 0 Å². The zero-order chi connectivity index (χ0) is 20.6. The lowest BCUT2D eigenvalue weighted by Gasteiger charge is -2.29. The second-order valence-corrected chi connectivity index (χ2v) is 8.40. The lowest BCUT2D eigenvalue weighted by Crippen LogP contribution is -2.42. The van der Waals surface area contributed by atoms with Gasteiger partial charge < -0.3 is 0 Å². The standard InChI is InChI=1S/C16H11Cl3F3NO3S/c1-9(15(19)24)23(12-4-2-3-10(7-12)16(20,21)22)27(25,26)14-8-11(17)5-6-13(14)18/h2-9H,1H3. The molecule has 0 aliphatic rings. The summed E-state index contributed by atoms with van der Waals surface area (Å²) in [7, 11) is -4.57. The molecule has 2 rings (SSSR count). The molecule has 0 spiro atoms. The van der Waals surface area contributed by atoms with E-state index in [1.807, 2.05) is 0 Å². The molecule has 0 saturated heterocycles. The van der Waals surface area contributed by atoms with Gasteiger partial charge in [0, 0.05) is 5.02 Å². The number of benzene rings is 2. The number of rotatable bonds is 5. The topological polar surface area (TPSA) is 54.5 Å². The van der Waals surface area contributed by atoms with Crippen LogP contribution in [0, 0.1) is 0 Å². The first kappa shape index (κ1) is 21.8. The van der Waals surface area contributed by atoms with Crippen LogP contribution in [0.4, 0.5) is 18.9 Å². The van der Waals surface area contributed by atoms with E-state index >= 15 is 0 Å². The lowest BCUT2D eigenvalue weighted by atomic mass is 10.2. The largest absolute Gasteiger partial charge is 0.416 e. The Morgan fingerprint density at radius 3 is 2.30 bits per heavy atom. The van der Waals surface area contributed by atoms with E-state index in [2.05, 4.69) is 0 Å². The molecule has 1 unspecified atom stereocenters. The predicted molar refractivity (Wildman–Crippen MR) is 97.9 cm³/mol. The van der Waals surface area contributed by atoms with Crippen molar-refractivity contribution >= 4 is 55.8 Å². The number of hydrogen-bond acceptors (Lipinski definition) is 3. The Balaban J connectivity index is 2.73. The summed E-state index contributed by atoms with van der Waals surface area (Å²) in [6, 6.07) is 5.59. The van der Waals surface area contributed by atoms with Crippen LogP contribution in [0.5, 0.6) is 0 Å². The van der Waals surface area contributed by atoms with Crippen LogP contribution in [0.1, 0.15) is 12.5 Å². The average molecular weight is 461 g/mol. The number of halogens is 6. The normalized spacial score (nSPS) is 13.3. The third-order valence-corrected chi connectivity index (χ3v) is 6.47. The van der Waals surface area contributed by atoms with Crippen LogP contribution in [0.2, 0.25) is 10.0 Å². The summed E-state index contributed by atoms with van der Waals surface area (Å²) in [6.45, 7) is 1.14. The molecule has 4 nitrogen and oxygen atoms in total. The second-order valence-electron chi connectivity index (χ2n) is 5.40. The summed E-state index contributed by atoms with van der Waals surface area (Å²) in [5.74, 6) is 0. The SMILES string of the molecule is CC(C(=O)Cl)N(c1cccc(C(F)(F)F)c1)S(=O)(=O)c1cc(Cl)ccc1Cl. The van der Waals surface area contributed by atoms with Gasteiger partial charge >= 0.3 is 6.18 Å². The maximum Gasteiger partial charge on any atom is 0.416 e. The molecule has 0 saturated carbocycles. The minimum Gasteiger partial charge on any atom is -0.279 e. The summed E-state index contributed by atoms with van der Waals surface area (Å²) < 4.78 is 65.8. The Morgan fingerprint density at radius 1 is 1.11 bits per heavy atom. The first-order chi connectivity index (χ1) is 12.4. The van der Waals surface area contributed by atoms with E-state index in [0.29, 0.717) is 10.4 Å². The van der Waals surface area contributed by atoms with Gasteiger partial charge in [0.2, 0.25) is 5.24 Å². The van der Waals surface area contributed by atoms with Crippen molar-refractivity contribution in [1.82, 2.24) is 0 Å². The van der Waals surface area contributed by atoms with Crippen LogP contribution in [-0.2, 0) is 21.0 Å². The molecule has 0 aromatic heterocycles. The molecule has 1 atom stereocenters. The van der Waals surface area contributed by atoms with Gasteiger partial charge in [0.05, 0.1) is 16.3 Å². The molecule has 0 aliphatic heterocycles. The Bertz CT molecular complexity index is 980. The van der Waals surface area contributed by atoms with Gasteiger partial charge in [-0.2, -0.15) is 13.2 Å². The Kier molecular flexibility index (Phi) is 6.36. The summed E-state index contributed by atoms with van der Waals surface area (Å²) in [6.07, 6.45) is -4.71. The van der Waals surface area contributed by atoms with E-state index in [1.54, 1.807) is 0 Å². The van der Waals surface area contributed by atoms with Crippen molar-refractivity contribution in [1.29, 1.82) is 0 Å². The highest BCUT2D eigenvalue weighted by molar-refractivity contribution is 7.93. The summed E-state index contributed by atoms with van der Waals surface area (Å²) in [5.41, 5.74) is -1.49. The molecule has 146 valence electrons. The fourth-order valence-electron chi connectivity index (χ4n) is 2.26. The van der Waals surface area contributed by atoms with E-state index < -0.39 is 43.6 Å². The molecule has 27 heavy (non-hydrogen) atoms. The highest BCUT2D eigenvalue weighted by atomic mass is 35.5. The molecule has 0 heterocycles. The zero-order valence-corrected chi connectivity index (χ0v) is 16.6. The number of anilines is 1. The van der Waals surface area contributed by atoms with Crippen LogP contribution in [0.25, 0.3) is 0 Å². The van der Waals surface area contributed by atoms with Gasteiger partial charge in [-0.15, -0.1) is 0 Å². The Labute approximate surface area is 168 Å². The first-order valence-electron chi connectivity index (χ1n) is 7.22. The van der Waals surface area contributed by atoms with E-state index in [-0.39, 0.29) is 10.0 Å². The summed E-state index contributed by atoms with van der Waals surface area (Å²) in [4.78, 5) is 11.2. The molecule has 0 bridgehead atoms. The number of carbonyl (C=O) groups is 1. The molecule has 0 aliphatic carbocycles. The maximum absolute atomic E-state index is 13.1. The van der Waals surface area contributed by atoms with Gasteiger partial charge in [0.1, 0.15) is 10.9 Å². The second kappa shape index (κ2) is 7.87. The lowest BCUT2D eigenvalue weighted by molar-refractivity contribution is -0.137. The minimum absolute atomic E-state index is 0.0341. The van der Waals surface area contributed by atoms with E-state index in [4.69, 9.17) is 34.8 Å². The van der Waals surface area contributed by atoms with Crippen LogP contribution < -0.4 is 4.31 Å². The first-order valence-corrected chi connectivity index (χ1v) is 9.79. The zero-order valence-electron chi connectivity index (χ0n) is 13.5. The summed E-state index contributed by atoms with van der Waals surface area (Å²) in [5, 5.41) is -1.27. The Hall–Kier alpha value is -1.48. The van der Waals surface area contributed by atoms with E-state index in [1.165, 1.54) is 12.1 Å². The van der Waals surface area contributed by atoms with Crippen LogP contribution in [0.15, 0.2) is 47.4 Å². The molecule has 0 fully saturated rings. The number of carbonyl (C=O) groups excluding carboxylic acids is 1. The van der Waals surface area contributed by atoms with Crippen molar-refractivity contribution in [3.63, 3.8) is 0 Å². The van der Waals surface area contributed by atoms with Gasteiger partial charge in [0.25, 0.3) is 10.0 Å². The van der Waals surface area contributed by atoms with Gasteiger partial charge in [-0.25, -0.2) is 8.42 Å². The highest BCUT2D eigenvalue weighted by Gasteiger charge is 2.36. The fourth-order valence-corrected chi connectivity index (χ4v) is 4.77. The molecular formula is C16H11Cl3F3NO3S. The van der Waals surface area contributed by atoms with Gasteiger partial charge in [-0.05, 0) is 54.9 Å². The third-order valence-electron chi connectivity index (χ3n) is 3.54. The third kappa shape index (κ3) is 4.68. The molecular weight excluding hydrogens is 450 g/mol. The van der Waals surface area contributed by atoms with E-state index in [9.17, 15) is 26.4 Å². The van der Waals surface area contributed by atoms with Crippen molar-refractivity contribution in [3.05, 3.63) is 58.1 Å².